The lowest BCUT2D eigenvalue weighted by Gasteiger charge is -2.31. The van der Waals surface area contributed by atoms with Crippen LogP contribution in [0.2, 0.25) is 37.3 Å². The van der Waals surface area contributed by atoms with Crippen molar-refractivity contribution in [3.05, 3.63) is 0 Å². The van der Waals surface area contributed by atoms with Gasteiger partial charge in [0.05, 0.1) is 11.9 Å². The van der Waals surface area contributed by atoms with E-state index in [0.717, 1.165) is 27.7 Å². The lowest BCUT2D eigenvalue weighted by atomic mass is 10.1. The van der Waals surface area contributed by atoms with E-state index >= 15 is 0 Å². The van der Waals surface area contributed by atoms with Crippen LogP contribution in [0.5, 0.6) is 0 Å². The van der Waals surface area contributed by atoms with Gasteiger partial charge in [-0.2, -0.15) is 35.1 Å². The average molecular weight is 1090 g/mol. The van der Waals surface area contributed by atoms with Crippen LogP contribution >= 0.6 is 78.1 Å². The second kappa shape index (κ2) is 27.3. The van der Waals surface area contributed by atoms with Crippen LogP contribution in [0.15, 0.2) is 0 Å². The first-order valence-electron chi connectivity index (χ1n) is 15.6. The van der Waals surface area contributed by atoms with Crippen LogP contribution in [0.1, 0.15) is 53.4 Å². The number of carbonyl (C=O) groups is 4. The van der Waals surface area contributed by atoms with Crippen LogP contribution in [0.25, 0.3) is 0 Å². The molecule has 0 N–H and O–H groups in total. The van der Waals surface area contributed by atoms with Gasteiger partial charge >= 0.3 is 50.9 Å². The normalized spacial score (nSPS) is 12.5. The van der Waals surface area contributed by atoms with E-state index in [1.165, 1.54) is 13.1 Å². The van der Waals surface area contributed by atoms with Gasteiger partial charge in [0.2, 0.25) is 8.32 Å². The fourth-order valence-electron chi connectivity index (χ4n) is 3.49. The molecule has 0 rings (SSSR count). The van der Waals surface area contributed by atoms with Crippen LogP contribution in [0.3, 0.4) is 0 Å². The van der Waals surface area contributed by atoms with Crippen molar-refractivity contribution in [3.63, 3.8) is 0 Å². The maximum Gasteiger partial charge on any atom is 0.705 e. The van der Waals surface area contributed by atoms with E-state index in [-0.39, 0.29) is 0 Å². The van der Waals surface area contributed by atoms with Gasteiger partial charge in [-0.05, 0) is 43.1 Å². The molecule has 0 aromatic heterocycles. The molecule has 0 bridgehead atoms. The third kappa shape index (κ3) is 37.3. The first-order valence-corrected chi connectivity index (χ1v) is 31.7. The fourth-order valence-corrected chi connectivity index (χ4v) is 10.6. The van der Waals surface area contributed by atoms with Gasteiger partial charge in [-0.3, -0.25) is 19.2 Å². The minimum atomic E-state index is -5.50. The highest BCUT2D eigenvalue weighted by atomic mass is 35.8. The Morgan fingerprint density at radius 1 is 0.525 bits per heavy atom. The number of carbonyl (C=O) groups excluding carboxylic acids is 4. The summed E-state index contributed by atoms with van der Waals surface area (Å²) in [6, 6.07) is -9.40. The van der Waals surface area contributed by atoms with E-state index in [4.69, 9.17) is 102 Å². The molecular formula is C28H37Cl7F12O8Si4. The molecule has 0 amide bonds. The van der Waals surface area contributed by atoms with Crippen LogP contribution in [0.4, 0.5) is 52.7 Å². The first-order chi connectivity index (χ1) is 25.9. The molecule has 0 aromatic carbocycles. The third-order valence-electron chi connectivity index (χ3n) is 5.85. The minimum absolute atomic E-state index is 0.324. The highest BCUT2D eigenvalue weighted by molar-refractivity contribution is 7.65. The topological polar surface area (TPSA) is 105 Å². The molecule has 0 heterocycles. The zero-order valence-electron chi connectivity index (χ0n) is 31.4. The van der Waals surface area contributed by atoms with Crippen molar-refractivity contribution in [2.24, 2.45) is 0 Å². The van der Waals surface area contributed by atoms with E-state index in [9.17, 15) is 71.9 Å². The summed E-state index contributed by atoms with van der Waals surface area (Å²) < 4.78 is 168. The van der Waals surface area contributed by atoms with Crippen LogP contribution in [-0.2, 0) is 36.9 Å². The largest absolute Gasteiger partial charge is 0.705 e. The van der Waals surface area contributed by atoms with Crippen molar-refractivity contribution >= 4 is 131 Å². The summed E-state index contributed by atoms with van der Waals surface area (Å²) in [6.07, 6.45) is -6.03. The summed E-state index contributed by atoms with van der Waals surface area (Å²) in [6.45, 7) is 6.51. The van der Waals surface area contributed by atoms with Crippen molar-refractivity contribution in [2.75, 3.05) is 5.88 Å². The predicted molar refractivity (Wildman–Crippen MR) is 209 cm³/mol. The summed E-state index contributed by atoms with van der Waals surface area (Å²) in [7, 11) is -7.62. The van der Waals surface area contributed by atoms with Crippen molar-refractivity contribution < 1.29 is 89.6 Å². The second-order valence-corrected chi connectivity index (χ2v) is 37.4. The summed E-state index contributed by atoms with van der Waals surface area (Å²) in [5.41, 5.74) is 0. The Balaban J connectivity index is -0.000000435. The molecule has 0 radical (unpaired) electrons. The van der Waals surface area contributed by atoms with E-state index in [0.29, 0.717) is 5.88 Å². The van der Waals surface area contributed by atoms with Crippen LogP contribution in [0, 0.1) is 24.2 Å². The number of hydrogen-bond acceptors (Lipinski definition) is 8. The van der Waals surface area contributed by atoms with Crippen LogP contribution in [-0.4, -0.2) is 89.0 Å². The van der Waals surface area contributed by atoms with Gasteiger partial charge in [0.15, 0.2) is 0 Å². The lowest BCUT2D eigenvalue weighted by Crippen LogP contribution is -2.51. The summed E-state index contributed by atoms with van der Waals surface area (Å²) in [5.74, 6) is -14.4. The quantitative estimate of drug-likeness (QED) is 0.0439. The molecule has 0 unspecified atom stereocenters. The monoisotopic (exact) mass is 1090 g/mol. The fraction of sp³-hybridized carbons (Fsp3) is 0.714. The summed E-state index contributed by atoms with van der Waals surface area (Å²) in [4.78, 5) is 44.9. The summed E-state index contributed by atoms with van der Waals surface area (Å²) in [5, 5.41) is 0. The molecule has 0 aliphatic heterocycles. The highest BCUT2D eigenvalue weighted by Gasteiger charge is 2.61. The molecule has 0 aliphatic carbocycles. The Kier molecular flexibility index (Phi) is 29.9. The van der Waals surface area contributed by atoms with E-state index < -0.39 is 133 Å². The molecule has 8 nitrogen and oxygen atoms in total. The predicted octanol–water partition coefficient (Wildman–Crippen LogP) is 12.1. The van der Waals surface area contributed by atoms with Gasteiger partial charge in [-0.1, -0.05) is 5.92 Å². The summed E-state index contributed by atoms with van der Waals surface area (Å²) >= 11 is 37.4. The maximum atomic E-state index is 14.3. The minimum Gasteiger partial charge on any atom is -0.520 e. The van der Waals surface area contributed by atoms with Crippen molar-refractivity contribution in [1.82, 2.24) is 0 Å². The zero-order valence-corrected chi connectivity index (χ0v) is 40.7. The molecule has 0 atom stereocenters. The van der Waals surface area contributed by atoms with Crippen molar-refractivity contribution in [2.45, 2.75) is 121 Å². The van der Waals surface area contributed by atoms with E-state index in [1.807, 2.05) is 0 Å². The highest BCUT2D eigenvalue weighted by Crippen LogP contribution is 2.46. The van der Waals surface area contributed by atoms with Gasteiger partial charge in [-0.15, -0.1) is 102 Å². The van der Waals surface area contributed by atoms with Crippen molar-refractivity contribution in [3.8, 4) is 24.2 Å². The number of hydrogen-bond donors (Lipinski definition) is 0. The third-order valence-corrected chi connectivity index (χ3v) is 16.0. The number of terminal acetylenes is 1. The lowest BCUT2D eigenvalue weighted by molar-refractivity contribution is -0.237. The molecule has 0 fully saturated rings. The Labute approximate surface area is 369 Å². The molecule has 0 saturated carbocycles. The number of halogens is 19. The maximum absolute atomic E-state index is 14.3. The van der Waals surface area contributed by atoms with Gasteiger partial charge in [-0.25, -0.2) is 0 Å². The smallest absolute Gasteiger partial charge is 0.520 e. The van der Waals surface area contributed by atoms with Gasteiger partial charge in [0.25, 0.3) is 23.9 Å². The molecule has 0 saturated heterocycles. The molecule has 346 valence electrons. The second-order valence-electron chi connectivity index (χ2n) is 11.9. The Morgan fingerprint density at radius 2 is 0.780 bits per heavy atom. The average Bonchev–Trinajstić information content (AvgIpc) is 2.97. The Hall–Kier alpha value is -0.942. The first kappa shape index (κ1) is 64.7. The Morgan fingerprint density at radius 3 is 0.983 bits per heavy atom. The molecule has 59 heavy (non-hydrogen) atoms. The molecular weight excluding hydrogens is 1050 g/mol. The van der Waals surface area contributed by atoms with Gasteiger partial charge in [0, 0.05) is 53.4 Å². The standard InChI is InChI=1S/C16H26F4O8Si2.C6H8Cl6F4Si2.C5H3Cl.CF4/c1-11(21)25-29(5,6)9-7-15(17,18)16(19,20)8-10-30(26-12(2)22,27-13(3)23)28-14(4)24;7-17(8,9)3-1-5(13,14)6(15,16)2-4-18(10,11)12;1-2-3-4-5-6;2-1(3,4)5/h7-10H2,1-6H3;1-4H2;1H,5H2;. The Bertz CT molecular complexity index is 1380. The van der Waals surface area contributed by atoms with Gasteiger partial charge < -0.3 is 17.7 Å². The van der Waals surface area contributed by atoms with E-state index in [1.54, 1.807) is 0 Å². The molecule has 31 heteroatoms. The molecule has 0 spiro atoms. The molecule has 0 aromatic rings. The SMILES string of the molecule is C#CC#CCCl.CC(=O)O[Si](C)(C)CCC(F)(F)C(F)(F)CC[Si](OC(C)=O)(OC(C)=O)OC(C)=O.FC(F)(CC[Si](Cl)(Cl)Cl)C(F)(F)CC[Si](Cl)(Cl)Cl.FC(F)(F)F. The van der Waals surface area contributed by atoms with Gasteiger partial charge in [0.1, 0.15) is 0 Å². The number of alkyl halides is 13. The number of rotatable bonds is 18. The molecule has 0 aliphatic rings. The zero-order chi connectivity index (χ0) is 48.1. The van der Waals surface area contributed by atoms with Crippen molar-refractivity contribution in [1.29, 1.82) is 0 Å². The van der Waals surface area contributed by atoms with Crippen LogP contribution < -0.4 is 0 Å². The van der Waals surface area contributed by atoms with E-state index in [2.05, 4.69) is 17.8 Å².